The SMILES string of the molecule is O=[N+]([O-])c1cccc(-c2ccc(C=Nc3ccccc3C(F)(F)F)o2)c1. The molecule has 8 heteroatoms. The summed E-state index contributed by atoms with van der Waals surface area (Å²) in [4.78, 5) is 14.1. The maximum Gasteiger partial charge on any atom is 0.418 e. The van der Waals surface area contributed by atoms with Crippen molar-refractivity contribution in [1.29, 1.82) is 0 Å². The van der Waals surface area contributed by atoms with Crippen molar-refractivity contribution in [3.63, 3.8) is 0 Å². The van der Waals surface area contributed by atoms with Gasteiger partial charge in [0.1, 0.15) is 11.5 Å². The van der Waals surface area contributed by atoms with E-state index >= 15 is 0 Å². The summed E-state index contributed by atoms with van der Waals surface area (Å²) in [5, 5.41) is 10.8. The van der Waals surface area contributed by atoms with Crippen LogP contribution in [0.3, 0.4) is 0 Å². The van der Waals surface area contributed by atoms with E-state index in [1.54, 1.807) is 12.1 Å². The second-order valence-electron chi connectivity index (χ2n) is 5.28. The van der Waals surface area contributed by atoms with Gasteiger partial charge in [0.2, 0.25) is 0 Å². The van der Waals surface area contributed by atoms with Crippen molar-refractivity contribution in [2.75, 3.05) is 0 Å². The summed E-state index contributed by atoms with van der Waals surface area (Å²) < 4.78 is 44.3. The summed E-state index contributed by atoms with van der Waals surface area (Å²) >= 11 is 0. The van der Waals surface area contributed by atoms with Gasteiger partial charge in [-0.1, -0.05) is 24.3 Å². The van der Waals surface area contributed by atoms with Gasteiger partial charge in [0.15, 0.2) is 0 Å². The molecule has 0 atom stereocenters. The van der Waals surface area contributed by atoms with E-state index in [9.17, 15) is 23.3 Å². The highest BCUT2D eigenvalue weighted by Gasteiger charge is 2.33. The van der Waals surface area contributed by atoms with Gasteiger partial charge in [0.25, 0.3) is 5.69 Å². The smallest absolute Gasteiger partial charge is 0.418 e. The Morgan fingerprint density at radius 1 is 1.04 bits per heavy atom. The van der Waals surface area contributed by atoms with Crippen LogP contribution < -0.4 is 0 Å². The summed E-state index contributed by atoms with van der Waals surface area (Å²) in [7, 11) is 0. The van der Waals surface area contributed by atoms with E-state index in [1.165, 1.54) is 48.7 Å². The minimum atomic E-state index is -4.51. The number of nitro benzene ring substituents is 1. The summed E-state index contributed by atoms with van der Waals surface area (Å²) in [6.45, 7) is 0. The number of alkyl halides is 3. The summed E-state index contributed by atoms with van der Waals surface area (Å²) in [5.41, 5.74) is -0.683. The highest BCUT2D eigenvalue weighted by molar-refractivity contribution is 5.80. The molecule has 0 bridgehead atoms. The summed E-state index contributed by atoms with van der Waals surface area (Å²) in [5.74, 6) is 0.572. The molecule has 0 saturated heterocycles. The number of non-ortho nitro benzene ring substituents is 1. The lowest BCUT2D eigenvalue weighted by Crippen LogP contribution is -2.04. The molecule has 5 nitrogen and oxygen atoms in total. The van der Waals surface area contributed by atoms with Crippen molar-refractivity contribution < 1.29 is 22.5 Å². The van der Waals surface area contributed by atoms with E-state index in [4.69, 9.17) is 4.42 Å². The molecular formula is C18H11F3N2O3. The average Bonchev–Trinajstić information content (AvgIpc) is 3.08. The lowest BCUT2D eigenvalue weighted by molar-refractivity contribution is -0.384. The fraction of sp³-hybridized carbons (Fsp3) is 0.0556. The largest absolute Gasteiger partial charge is 0.455 e. The van der Waals surface area contributed by atoms with Crippen LogP contribution in [0.4, 0.5) is 24.5 Å². The van der Waals surface area contributed by atoms with Crippen LogP contribution in [-0.4, -0.2) is 11.1 Å². The highest BCUT2D eigenvalue weighted by Crippen LogP contribution is 2.36. The van der Waals surface area contributed by atoms with Crippen molar-refractivity contribution in [1.82, 2.24) is 0 Å². The van der Waals surface area contributed by atoms with Crippen molar-refractivity contribution in [2.24, 2.45) is 4.99 Å². The Balaban J connectivity index is 1.87. The van der Waals surface area contributed by atoms with Gasteiger partial charge < -0.3 is 4.42 Å². The van der Waals surface area contributed by atoms with E-state index in [1.807, 2.05) is 0 Å². The third-order valence-electron chi connectivity index (χ3n) is 3.51. The molecule has 0 aliphatic heterocycles. The molecule has 0 aliphatic rings. The topological polar surface area (TPSA) is 68.6 Å². The number of nitro groups is 1. The predicted molar refractivity (Wildman–Crippen MR) is 89.5 cm³/mol. The molecule has 0 spiro atoms. The van der Waals surface area contributed by atoms with Crippen LogP contribution in [0.2, 0.25) is 0 Å². The van der Waals surface area contributed by atoms with Gasteiger partial charge in [0, 0.05) is 17.7 Å². The predicted octanol–water partition coefficient (Wildman–Crippen LogP) is 5.62. The number of nitrogens with zero attached hydrogens (tertiary/aromatic N) is 2. The van der Waals surface area contributed by atoms with Crippen molar-refractivity contribution in [2.45, 2.75) is 6.18 Å². The van der Waals surface area contributed by atoms with Crippen LogP contribution in [0.25, 0.3) is 11.3 Å². The van der Waals surface area contributed by atoms with E-state index < -0.39 is 16.7 Å². The minimum absolute atomic E-state index is 0.0896. The van der Waals surface area contributed by atoms with E-state index in [0.717, 1.165) is 6.07 Å². The first-order valence-electron chi connectivity index (χ1n) is 7.39. The number of halogens is 3. The normalized spacial score (nSPS) is 11.8. The third-order valence-corrected chi connectivity index (χ3v) is 3.51. The molecule has 3 rings (SSSR count). The van der Waals surface area contributed by atoms with Gasteiger partial charge in [-0.2, -0.15) is 13.2 Å². The molecule has 0 unspecified atom stereocenters. The van der Waals surface area contributed by atoms with Crippen LogP contribution in [0.15, 0.2) is 70.1 Å². The summed E-state index contributed by atoms with van der Waals surface area (Å²) in [6, 6.07) is 13.9. The molecule has 3 aromatic rings. The van der Waals surface area contributed by atoms with Gasteiger partial charge >= 0.3 is 6.18 Å². The van der Waals surface area contributed by atoms with Crippen LogP contribution in [0.5, 0.6) is 0 Å². The second kappa shape index (κ2) is 6.83. The minimum Gasteiger partial charge on any atom is -0.455 e. The van der Waals surface area contributed by atoms with Crippen molar-refractivity contribution in [3.05, 3.63) is 82.1 Å². The van der Waals surface area contributed by atoms with E-state index in [2.05, 4.69) is 4.99 Å². The van der Waals surface area contributed by atoms with Crippen LogP contribution >= 0.6 is 0 Å². The number of rotatable bonds is 4. The first-order valence-corrected chi connectivity index (χ1v) is 7.39. The number of hydrogen-bond donors (Lipinski definition) is 0. The average molecular weight is 360 g/mol. The van der Waals surface area contributed by atoms with E-state index in [-0.39, 0.29) is 17.1 Å². The number of hydrogen-bond acceptors (Lipinski definition) is 4. The Labute approximate surface area is 145 Å². The fourth-order valence-electron chi connectivity index (χ4n) is 2.31. The standard InChI is InChI=1S/C18H11F3N2O3/c19-18(20,21)15-6-1-2-7-16(15)22-11-14-8-9-17(26-14)12-4-3-5-13(10-12)23(24)25/h1-11H. The fourth-order valence-corrected chi connectivity index (χ4v) is 2.31. The molecule has 132 valence electrons. The molecule has 2 aromatic carbocycles. The van der Waals surface area contributed by atoms with Gasteiger partial charge in [-0.15, -0.1) is 0 Å². The zero-order valence-corrected chi connectivity index (χ0v) is 13.1. The first kappa shape index (κ1) is 17.4. The zero-order valence-electron chi connectivity index (χ0n) is 13.1. The maximum absolute atomic E-state index is 13.0. The van der Waals surface area contributed by atoms with Gasteiger partial charge in [-0.05, 0) is 24.3 Å². The molecule has 0 fully saturated rings. The van der Waals surface area contributed by atoms with Gasteiger partial charge in [-0.25, -0.2) is 0 Å². The lowest BCUT2D eigenvalue weighted by Gasteiger charge is -2.08. The number of benzene rings is 2. The van der Waals surface area contributed by atoms with Gasteiger partial charge in [-0.3, -0.25) is 15.1 Å². The monoisotopic (exact) mass is 360 g/mol. The second-order valence-corrected chi connectivity index (χ2v) is 5.28. The molecule has 0 N–H and O–H groups in total. The molecule has 0 aliphatic carbocycles. The van der Waals surface area contributed by atoms with Crippen molar-refractivity contribution in [3.8, 4) is 11.3 Å². The maximum atomic E-state index is 13.0. The molecule has 0 radical (unpaired) electrons. The quantitative estimate of drug-likeness (QED) is 0.344. The van der Waals surface area contributed by atoms with Gasteiger partial charge in [0.05, 0.1) is 22.4 Å². The summed E-state index contributed by atoms with van der Waals surface area (Å²) in [6.07, 6.45) is -3.34. The van der Waals surface area contributed by atoms with Crippen LogP contribution in [0.1, 0.15) is 11.3 Å². The Morgan fingerprint density at radius 2 is 1.81 bits per heavy atom. The van der Waals surface area contributed by atoms with Crippen LogP contribution in [-0.2, 0) is 6.18 Å². The number of para-hydroxylation sites is 1. The highest BCUT2D eigenvalue weighted by atomic mass is 19.4. The number of furan rings is 1. The Kier molecular flexibility index (Phi) is 4.57. The molecule has 0 saturated carbocycles. The zero-order chi connectivity index (χ0) is 18.7. The number of aliphatic imine (C=N–C) groups is 1. The Hall–Kier alpha value is -3.42. The molecule has 1 aromatic heterocycles. The van der Waals surface area contributed by atoms with Crippen LogP contribution in [0, 0.1) is 10.1 Å². The third kappa shape index (κ3) is 3.80. The Morgan fingerprint density at radius 3 is 2.54 bits per heavy atom. The lowest BCUT2D eigenvalue weighted by atomic mass is 10.1. The van der Waals surface area contributed by atoms with E-state index in [0.29, 0.717) is 11.3 Å². The molecule has 26 heavy (non-hydrogen) atoms. The Bertz CT molecular complexity index is 978. The first-order chi connectivity index (χ1) is 12.3. The molecule has 0 amide bonds. The molecular weight excluding hydrogens is 349 g/mol. The molecule has 1 heterocycles. The van der Waals surface area contributed by atoms with Crippen molar-refractivity contribution >= 4 is 17.6 Å².